The number of rotatable bonds is 1. The average Bonchev–Trinajstić information content (AvgIpc) is 2.77. The van der Waals surface area contributed by atoms with Crippen molar-refractivity contribution in [2.75, 3.05) is 11.5 Å². The highest BCUT2D eigenvalue weighted by molar-refractivity contribution is 5.80. The fraction of sp³-hybridized carbons (Fsp3) is 0. The van der Waals surface area contributed by atoms with E-state index >= 15 is 0 Å². The zero-order valence-corrected chi connectivity index (χ0v) is 10.0. The molecule has 0 saturated heterocycles. The van der Waals surface area contributed by atoms with Crippen molar-refractivity contribution >= 4 is 17.8 Å². The van der Waals surface area contributed by atoms with E-state index in [1.165, 1.54) is 0 Å². The standard InChI is InChI=1S/C12H7N7O/c13-4-6-8(17-11(15)19-10(6)14)5-2-1-3-7-9(5)18-12(20)16-7/h1-3H,(H4,14,15,17,19). The van der Waals surface area contributed by atoms with Crippen LogP contribution in [0.15, 0.2) is 28.2 Å². The number of nitrogen functional groups attached to an aromatic ring is 2. The van der Waals surface area contributed by atoms with Crippen LogP contribution in [-0.2, 0) is 0 Å². The number of carbonyl (C=O) groups excluding carboxylic acids is 1. The third kappa shape index (κ3) is 1.65. The van der Waals surface area contributed by atoms with Gasteiger partial charge < -0.3 is 11.5 Å². The number of para-hydroxylation sites is 1. The minimum atomic E-state index is -0.596. The first-order valence-corrected chi connectivity index (χ1v) is 5.54. The summed E-state index contributed by atoms with van der Waals surface area (Å²) in [6, 6.07) is 6.33. The number of anilines is 2. The molecule has 0 spiro atoms. The van der Waals surface area contributed by atoms with Gasteiger partial charge >= 0.3 is 6.03 Å². The van der Waals surface area contributed by atoms with Crippen LogP contribution in [0.1, 0.15) is 5.56 Å². The van der Waals surface area contributed by atoms with Crippen molar-refractivity contribution in [2.24, 2.45) is 9.98 Å². The average molecular weight is 265 g/mol. The monoisotopic (exact) mass is 265 g/mol. The van der Waals surface area contributed by atoms with E-state index in [-0.39, 0.29) is 23.0 Å². The van der Waals surface area contributed by atoms with Gasteiger partial charge in [-0.2, -0.15) is 20.2 Å². The highest BCUT2D eigenvalue weighted by atomic mass is 16.2. The molecular formula is C12H7N7O. The molecular weight excluding hydrogens is 258 g/mol. The third-order valence-electron chi connectivity index (χ3n) is 2.76. The highest BCUT2D eigenvalue weighted by Crippen LogP contribution is 2.22. The molecule has 2 aromatic rings. The van der Waals surface area contributed by atoms with E-state index in [1.807, 2.05) is 6.07 Å². The predicted octanol–water partition coefficient (Wildman–Crippen LogP) is -0.448. The maximum atomic E-state index is 11.3. The number of amides is 2. The molecule has 8 nitrogen and oxygen atoms in total. The van der Waals surface area contributed by atoms with Gasteiger partial charge in [-0.1, -0.05) is 12.1 Å². The van der Waals surface area contributed by atoms with E-state index in [0.717, 1.165) is 0 Å². The third-order valence-corrected chi connectivity index (χ3v) is 2.76. The van der Waals surface area contributed by atoms with E-state index in [0.29, 0.717) is 16.3 Å². The molecule has 1 aliphatic rings. The topological polar surface area (TPSA) is 143 Å². The summed E-state index contributed by atoms with van der Waals surface area (Å²) >= 11 is 0. The van der Waals surface area contributed by atoms with E-state index in [1.54, 1.807) is 18.2 Å². The maximum Gasteiger partial charge on any atom is 0.368 e. The first-order chi connectivity index (χ1) is 9.60. The molecule has 0 aliphatic carbocycles. The number of urea groups is 1. The maximum absolute atomic E-state index is 11.3. The second kappa shape index (κ2) is 4.10. The van der Waals surface area contributed by atoms with E-state index < -0.39 is 6.03 Å². The Morgan fingerprint density at radius 3 is 2.70 bits per heavy atom. The molecule has 2 heterocycles. The molecule has 0 unspecified atom stereocenters. The molecule has 0 bridgehead atoms. The molecule has 2 amide bonds. The fourth-order valence-corrected chi connectivity index (χ4v) is 1.96. The van der Waals surface area contributed by atoms with Crippen LogP contribution in [-0.4, -0.2) is 16.0 Å². The van der Waals surface area contributed by atoms with Gasteiger partial charge in [0.1, 0.15) is 22.8 Å². The molecule has 3 rings (SSSR count). The molecule has 0 fully saturated rings. The van der Waals surface area contributed by atoms with Crippen LogP contribution in [0.4, 0.5) is 16.6 Å². The van der Waals surface area contributed by atoms with Gasteiger partial charge in [0, 0.05) is 5.56 Å². The molecule has 4 N–H and O–H groups in total. The summed E-state index contributed by atoms with van der Waals surface area (Å²) in [7, 11) is 0. The van der Waals surface area contributed by atoms with Gasteiger partial charge in [0.2, 0.25) is 5.95 Å². The number of hydrogen-bond acceptors (Lipinski definition) is 6. The molecule has 96 valence electrons. The summed E-state index contributed by atoms with van der Waals surface area (Å²) < 4.78 is 0. The lowest BCUT2D eigenvalue weighted by molar-refractivity contribution is 0.256. The molecule has 1 aliphatic heterocycles. The summed E-state index contributed by atoms with van der Waals surface area (Å²) in [4.78, 5) is 26.6. The highest BCUT2D eigenvalue weighted by Gasteiger charge is 2.17. The predicted molar refractivity (Wildman–Crippen MR) is 68.7 cm³/mol. The van der Waals surface area contributed by atoms with Crippen molar-refractivity contribution in [2.45, 2.75) is 0 Å². The molecule has 8 heteroatoms. The number of carbonyl (C=O) groups is 1. The molecule has 0 atom stereocenters. The lowest BCUT2D eigenvalue weighted by Gasteiger charge is -2.06. The van der Waals surface area contributed by atoms with Crippen molar-refractivity contribution in [3.63, 3.8) is 0 Å². The minimum absolute atomic E-state index is 0.0196. The first kappa shape index (κ1) is 11.7. The summed E-state index contributed by atoms with van der Waals surface area (Å²) in [5, 5.41) is 9.96. The summed E-state index contributed by atoms with van der Waals surface area (Å²) in [5.41, 5.74) is 12.0. The van der Waals surface area contributed by atoms with E-state index in [4.69, 9.17) is 11.5 Å². The molecule has 0 saturated carbocycles. The number of benzene rings is 1. The smallest absolute Gasteiger partial charge is 0.368 e. The second-order valence-corrected chi connectivity index (χ2v) is 3.98. The van der Waals surface area contributed by atoms with Gasteiger partial charge in [0.05, 0.1) is 11.1 Å². The van der Waals surface area contributed by atoms with Crippen LogP contribution >= 0.6 is 0 Å². The fourth-order valence-electron chi connectivity index (χ4n) is 1.96. The lowest BCUT2D eigenvalue weighted by atomic mass is 10.1. The van der Waals surface area contributed by atoms with Crippen LogP contribution in [0.25, 0.3) is 11.3 Å². The Labute approximate surface area is 112 Å². The number of nitriles is 1. The summed E-state index contributed by atoms with van der Waals surface area (Å²) in [6.07, 6.45) is 0. The lowest BCUT2D eigenvalue weighted by Crippen LogP contribution is -2.24. The summed E-state index contributed by atoms with van der Waals surface area (Å²) in [6.45, 7) is 0. The quantitative estimate of drug-likeness (QED) is 0.714. The van der Waals surface area contributed by atoms with Crippen molar-refractivity contribution in [3.8, 4) is 17.3 Å². The SMILES string of the molecule is N#Cc1c(N)nc(N)nc1-c1cccc2c1=NC(=O)N=2. The number of nitrogens with zero attached hydrogens (tertiary/aromatic N) is 5. The van der Waals surface area contributed by atoms with E-state index in [9.17, 15) is 10.1 Å². The Hall–Kier alpha value is -3.34. The number of hydrogen-bond donors (Lipinski definition) is 2. The second-order valence-electron chi connectivity index (χ2n) is 3.98. The Bertz CT molecular complexity index is 911. The Morgan fingerprint density at radius 1 is 1.15 bits per heavy atom. The molecule has 0 radical (unpaired) electrons. The normalized spacial score (nSPS) is 12.2. The van der Waals surface area contributed by atoms with E-state index in [2.05, 4.69) is 20.0 Å². The molecule has 20 heavy (non-hydrogen) atoms. The zero-order chi connectivity index (χ0) is 14.3. The van der Waals surface area contributed by atoms with Crippen molar-refractivity contribution in [1.82, 2.24) is 9.97 Å². The Morgan fingerprint density at radius 2 is 1.95 bits per heavy atom. The van der Waals surface area contributed by atoms with Gasteiger partial charge in [-0.3, -0.25) is 0 Å². The van der Waals surface area contributed by atoms with Crippen molar-refractivity contribution in [3.05, 3.63) is 34.5 Å². The first-order valence-electron chi connectivity index (χ1n) is 5.54. The zero-order valence-electron chi connectivity index (χ0n) is 10.0. The van der Waals surface area contributed by atoms with Crippen LogP contribution in [0.3, 0.4) is 0 Å². The van der Waals surface area contributed by atoms with Crippen LogP contribution in [0.2, 0.25) is 0 Å². The molecule has 1 aromatic heterocycles. The Kier molecular flexibility index (Phi) is 2.40. The van der Waals surface area contributed by atoms with Crippen LogP contribution in [0.5, 0.6) is 0 Å². The van der Waals surface area contributed by atoms with Gasteiger partial charge in [0.15, 0.2) is 0 Å². The Balaban J connectivity index is 2.42. The van der Waals surface area contributed by atoms with Crippen molar-refractivity contribution in [1.29, 1.82) is 5.26 Å². The van der Waals surface area contributed by atoms with Crippen molar-refractivity contribution < 1.29 is 4.79 Å². The van der Waals surface area contributed by atoms with Gasteiger partial charge in [-0.25, -0.2) is 9.78 Å². The van der Waals surface area contributed by atoms with Gasteiger partial charge in [-0.15, -0.1) is 0 Å². The minimum Gasteiger partial charge on any atom is -0.382 e. The molecule has 1 aromatic carbocycles. The summed E-state index contributed by atoms with van der Waals surface area (Å²) in [5.74, 6) is -0.0794. The van der Waals surface area contributed by atoms with Gasteiger partial charge in [-0.05, 0) is 6.07 Å². The number of nitrogens with two attached hydrogens (primary N) is 2. The van der Waals surface area contributed by atoms with Crippen LogP contribution in [0, 0.1) is 11.3 Å². The largest absolute Gasteiger partial charge is 0.382 e. The number of aromatic nitrogens is 2. The van der Waals surface area contributed by atoms with Crippen LogP contribution < -0.4 is 22.2 Å². The number of fused-ring (bicyclic) bond motifs is 1. The van der Waals surface area contributed by atoms with Gasteiger partial charge in [0.25, 0.3) is 0 Å².